The minimum Gasteiger partial charge on any atom is -0.462 e. The normalized spacial score (nSPS) is 29.3. The molecular weight excluding hydrogens is 993 g/mol. The van der Waals surface area contributed by atoms with Crippen LogP contribution in [0.5, 0.6) is 0 Å². The van der Waals surface area contributed by atoms with E-state index in [1.54, 1.807) is 12.2 Å². The van der Waals surface area contributed by atoms with Gasteiger partial charge in [-0.15, -0.1) is 0 Å². The number of aliphatic hydroxyl groups excluding tert-OH is 4. The molecule has 0 radical (unpaired) electrons. The summed E-state index contributed by atoms with van der Waals surface area (Å²) < 4.78 is 58.8. The molecule has 2 bridgehead atoms. The maximum absolute atomic E-state index is 13.9. The number of carbonyl (C=O) groups excluding carboxylic acids is 3. The van der Waals surface area contributed by atoms with Crippen molar-refractivity contribution in [2.45, 2.75) is 179 Å². The number of unbranched alkanes of at least 4 members (excludes halogenated alkanes) is 7. The molecule has 0 spiro atoms. The quantitative estimate of drug-likeness (QED) is 0.0268. The lowest BCUT2D eigenvalue weighted by molar-refractivity contribution is -0.186. The zero-order valence-electron chi connectivity index (χ0n) is 42.1. The van der Waals surface area contributed by atoms with Crippen LogP contribution in [0.1, 0.15) is 142 Å². The van der Waals surface area contributed by atoms with E-state index in [0.717, 1.165) is 75.0 Å². The van der Waals surface area contributed by atoms with E-state index in [0.29, 0.717) is 19.3 Å². The van der Waals surface area contributed by atoms with E-state index in [9.17, 15) is 58.5 Å². The van der Waals surface area contributed by atoms with Crippen LogP contribution in [0.2, 0.25) is 0 Å². The van der Waals surface area contributed by atoms with Crippen LogP contribution >= 0.6 is 15.6 Å². The maximum Gasteiger partial charge on any atom is 0.481 e. The summed E-state index contributed by atoms with van der Waals surface area (Å²) in [5, 5.41) is 45.6. The molecule has 11 atom stereocenters. The minimum absolute atomic E-state index is 0.0543. The first-order valence-corrected chi connectivity index (χ1v) is 28.4. The Morgan fingerprint density at radius 3 is 2.30 bits per heavy atom. The van der Waals surface area contributed by atoms with Crippen LogP contribution in [0, 0.1) is 11.8 Å². The van der Waals surface area contributed by atoms with Crippen molar-refractivity contribution in [3.8, 4) is 0 Å². The van der Waals surface area contributed by atoms with Gasteiger partial charge in [-0.25, -0.2) is 13.9 Å². The maximum atomic E-state index is 13.9. The molecule has 412 valence electrons. The lowest BCUT2D eigenvalue weighted by atomic mass is 9.83. The van der Waals surface area contributed by atoms with Crippen molar-refractivity contribution in [1.29, 1.82) is 0 Å². The number of aromatic nitrogens is 2. The van der Waals surface area contributed by atoms with Gasteiger partial charge in [-0.3, -0.25) is 28.0 Å². The van der Waals surface area contributed by atoms with Gasteiger partial charge in [0.1, 0.15) is 36.6 Å². The molecule has 21 nitrogen and oxygen atoms in total. The Bertz CT molecular complexity index is 2130. The van der Waals surface area contributed by atoms with Crippen LogP contribution in [0.25, 0.3) is 0 Å². The van der Waals surface area contributed by atoms with E-state index in [-0.39, 0.29) is 37.9 Å². The summed E-state index contributed by atoms with van der Waals surface area (Å²) in [5.74, 6) is -5.24. The van der Waals surface area contributed by atoms with Crippen molar-refractivity contribution < 1.29 is 81.3 Å². The predicted octanol–water partition coefficient (Wildman–Crippen LogP) is 6.92. The van der Waals surface area contributed by atoms with Crippen LogP contribution < -0.4 is 11.4 Å². The van der Waals surface area contributed by atoms with Crippen molar-refractivity contribution in [3.05, 3.63) is 83.5 Å². The third-order valence-corrected chi connectivity index (χ3v) is 14.5. The fourth-order valence-corrected chi connectivity index (χ4v) is 10.0. The molecular formula is C50H79N3O18P2. The largest absolute Gasteiger partial charge is 0.481 e. The second-order valence-corrected chi connectivity index (χ2v) is 21.1. The van der Waals surface area contributed by atoms with Crippen LogP contribution in [-0.2, 0) is 51.1 Å². The van der Waals surface area contributed by atoms with E-state index in [2.05, 4.69) is 52.7 Å². The number of anilines is 1. The van der Waals surface area contributed by atoms with E-state index >= 15 is 0 Å². The van der Waals surface area contributed by atoms with Crippen molar-refractivity contribution in [2.24, 2.45) is 11.8 Å². The average Bonchev–Trinajstić information content (AvgIpc) is 3.33. The van der Waals surface area contributed by atoms with Crippen molar-refractivity contribution in [3.63, 3.8) is 0 Å². The van der Waals surface area contributed by atoms with Crippen molar-refractivity contribution >= 4 is 39.2 Å². The number of ketones is 1. The Labute approximate surface area is 428 Å². The molecule has 0 saturated carbocycles. The third kappa shape index (κ3) is 25.4. The molecule has 1 aromatic rings. The number of phosphoric ester groups is 2. The molecule has 73 heavy (non-hydrogen) atoms. The van der Waals surface area contributed by atoms with Crippen LogP contribution in [-0.4, -0.2) is 114 Å². The molecule has 1 fully saturated rings. The number of ether oxygens (including phenoxy) is 3. The number of Topliss-reactive ketones (excluding diaryl/α,β-unsaturated/α-hetero) is 1. The number of nitrogen functional groups attached to an aromatic ring is 1. The number of aliphatic hydroxyl groups is 4. The Balaban J connectivity index is 1.79. The summed E-state index contributed by atoms with van der Waals surface area (Å²) in [6.07, 6.45) is 17.9. The molecule has 0 amide bonds. The lowest BCUT2D eigenvalue weighted by Crippen LogP contribution is -2.51. The van der Waals surface area contributed by atoms with Gasteiger partial charge >= 0.3 is 33.3 Å². The fourth-order valence-electron chi connectivity index (χ4n) is 7.90. The van der Waals surface area contributed by atoms with Gasteiger partial charge in [0.25, 0.3) is 0 Å². The highest BCUT2D eigenvalue weighted by atomic mass is 31.3. The number of cyclic esters (lactones) is 1. The summed E-state index contributed by atoms with van der Waals surface area (Å²) in [7, 11) is -11.3. The molecule has 1 saturated heterocycles. The molecule has 8 N–H and O–H groups in total. The molecule has 0 aromatic carbocycles. The monoisotopic (exact) mass is 1070 g/mol. The first kappa shape index (κ1) is 63.3. The topological polar surface area (TPSA) is 323 Å². The minimum atomic E-state index is -5.73. The number of esters is 2. The van der Waals surface area contributed by atoms with Crippen molar-refractivity contribution in [2.75, 3.05) is 25.6 Å². The molecule has 2 aliphatic heterocycles. The van der Waals surface area contributed by atoms with Crippen molar-refractivity contribution in [1.82, 2.24) is 9.55 Å². The number of allylic oxidation sites excluding steroid dienone is 8. The van der Waals surface area contributed by atoms with E-state index in [1.165, 1.54) is 18.2 Å². The number of nitrogens with two attached hydrogens (primary N) is 1. The van der Waals surface area contributed by atoms with Gasteiger partial charge in [-0.05, 0) is 70.3 Å². The molecule has 1 aromatic heterocycles. The zero-order valence-corrected chi connectivity index (χ0v) is 43.9. The molecule has 23 heteroatoms. The van der Waals surface area contributed by atoms with Gasteiger partial charge in [-0.1, -0.05) is 113 Å². The van der Waals surface area contributed by atoms with Crippen LogP contribution in [0.4, 0.5) is 5.82 Å². The van der Waals surface area contributed by atoms with E-state index in [4.69, 9.17) is 29.0 Å². The molecule has 3 heterocycles. The SMILES string of the molecule is CC/C=C\C/C=C\C/C=C\CCCCCCCC(=O)OC[C@@H]1COP(=O)(O)OP(=O)(O)OC[C@H]2O[C@@H](n3ccc(N)nc3=O)[C@@H](CC=CCCCC(=O)O1)[C@@H](O)CC(=O)[C@H](/C=C/[C@@H](O)CCCCC)[C@H](O)[C@@H]2O. The predicted molar refractivity (Wildman–Crippen MR) is 271 cm³/mol. The number of nitrogens with zero attached hydrogens (tertiary/aromatic N) is 2. The highest BCUT2D eigenvalue weighted by Crippen LogP contribution is 2.60. The van der Waals surface area contributed by atoms with Gasteiger partial charge in [0, 0.05) is 31.4 Å². The second-order valence-electron chi connectivity index (χ2n) is 18.1. The molecule has 3 rings (SSSR count). The Morgan fingerprint density at radius 1 is 0.904 bits per heavy atom. The second kappa shape index (κ2) is 34.6. The van der Waals surface area contributed by atoms with Gasteiger partial charge < -0.3 is 50.2 Å². The first-order chi connectivity index (χ1) is 34.9. The number of fused-ring (bicyclic) bond motifs is 3. The van der Waals surface area contributed by atoms with Crippen LogP contribution in [0.3, 0.4) is 0 Å². The summed E-state index contributed by atoms with van der Waals surface area (Å²) in [6, 6.07) is 1.22. The zero-order chi connectivity index (χ0) is 53.7. The van der Waals surface area contributed by atoms with Gasteiger partial charge in [0.2, 0.25) is 0 Å². The summed E-state index contributed by atoms with van der Waals surface area (Å²) in [6.45, 7) is 1.31. The Kier molecular flexibility index (Phi) is 30.0. The van der Waals surface area contributed by atoms with E-state index in [1.807, 2.05) is 6.92 Å². The summed E-state index contributed by atoms with van der Waals surface area (Å²) in [5.41, 5.74) is 4.74. The van der Waals surface area contributed by atoms with E-state index < -0.39 is 120 Å². The summed E-state index contributed by atoms with van der Waals surface area (Å²) in [4.78, 5) is 77.9. The van der Waals surface area contributed by atoms with Gasteiger partial charge in [-0.2, -0.15) is 9.29 Å². The summed E-state index contributed by atoms with van der Waals surface area (Å²) >= 11 is 0. The van der Waals surface area contributed by atoms with Crippen LogP contribution in [0.15, 0.2) is 77.8 Å². The molecule has 0 aliphatic carbocycles. The first-order valence-electron chi connectivity index (χ1n) is 25.4. The molecule has 2 aliphatic rings. The van der Waals surface area contributed by atoms with Gasteiger partial charge in [0.15, 0.2) is 6.10 Å². The number of hydrogen-bond acceptors (Lipinski definition) is 18. The highest BCUT2D eigenvalue weighted by Gasteiger charge is 2.45. The lowest BCUT2D eigenvalue weighted by Gasteiger charge is -2.39. The highest BCUT2D eigenvalue weighted by molar-refractivity contribution is 7.61. The molecule has 2 unspecified atom stereocenters. The fraction of sp³-hybridized carbons (Fsp3) is 0.660. The number of rotatable bonds is 22. The number of hydrogen-bond donors (Lipinski definition) is 7. The smallest absolute Gasteiger partial charge is 0.462 e. The average molecular weight is 1070 g/mol. The third-order valence-electron chi connectivity index (χ3n) is 11.9. The van der Waals surface area contributed by atoms with Gasteiger partial charge in [0.05, 0.1) is 37.4 Å². The Morgan fingerprint density at radius 2 is 1.59 bits per heavy atom. The standard InChI is InChI=1S/C50H79N3O18P2/c1-3-5-7-8-9-10-11-12-13-14-15-16-17-18-23-27-45(57)66-34-38-35-67-72(62,63)71-73(64,65)68-36-43-48(60)47(59)39(30-29-37(54)25-21-6-4-2)41(55)33-42(56)40(26-22-19-20-24-28-46(58)69-38)49(70-43)53-32-31-44(51)52-50(53)61/h5,7,9-10,12-13,19,22,29-32,37-40,42-43,47-49,54,56,59-60H,3-4,6,8,11,14-18,20-21,23-28,33-36H2,1-2H3,(H,62,63)(H,64,65)(H2,51,52,61)/b7-5-,10-9-,13-12-,22-19?,30-29+/t37-,38+,39-,40-,42-,43+,47-,48+,49+/m0/s1. The Hall–Kier alpha value is -3.95. The number of phosphoric acid groups is 2. The number of carbonyl (C=O) groups is 3.